The summed E-state index contributed by atoms with van der Waals surface area (Å²) in [6.07, 6.45) is 1.69. The van der Waals surface area contributed by atoms with Crippen LogP contribution in [-0.2, 0) is 0 Å². The number of primary amides is 1. The Balaban J connectivity index is 2.34. The maximum absolute atomic E-state index is 10.6. The SMILES string of the molecule is C=CCNC1NCCN1NC(N)=O. The van der Waals surface area contributed by atoms with E-state index in [-0.39, 0.29) is 6.29 Å². The summed E-state index contributed by atoms with van der Waals surface area (Å²) < 4.78 is 0. The molecule has 6 heteroatoms. The molecule has 1 unspecified atom stereocenters. The Morgan fingerprint density at radius 2 is 2.62 bits per heavy atom. The third-order valence-electron chi connectivity index (χ3n) is 1.71. The fourth-order valence-corrected chi connectivity index (χ4v) is 1.20. The predicted octanol–water partition coefficient (Wildman–Crippen LogP) is -1.47. The van der Waals surface area contributed by atoms with Gasteiger partial charge >= 0.3 is 6.03 Å². The predicted molar refractivity (Wildman–Crippen MR) is 49.4 cm³/mol. The lowest BCUT2D eigenvalue weighted by Crippen LogP contribution is -2.55. The Labute approximate surface area is 77.1 Å². The van der Waals surface area contributed by atoms with Crippen LogP contribution in [0, 0.1) is 0 Å². The first kappa shape index (κ1) is 9.97. The monoisotopic (exact) mass is 185 g/mol. The number of hydrogen-bond donors (Lipinski definition) is 4. The van der Waals surface area contributed by atoms with Crippen molar-refractivity contribution in [1.82, 2.24) is 21.1 Å². The topological polar surface area (TPSA) is 82.4 Å². The molecule has 1 atom stereocenters. The van der Waals surface area contributed by atoms with E-state index in [9.17, 15) is 4.79 Å². The Morgan fingerprint density at radius 1 is 1.85 bits per heavy atom. The number of nitrogens with two attached hydrogens (primary N) is 1. The molecule has 0 aromatic carbocycles. The van der Waals surface area contributed by atoms with Crippen molar-refractivity contribution in [1.29, 1.82) is 0 Å². The van der Waals surface area contributed by atoms with Gasteiger partial charge in [-0.1, -0.05) is 6.08 Å². The molecule has 0 aliphatic carbocycles. The van der Waals surface area contributed by atoms with Crippen molar-refractivity contribution in [2.45, 2.75) is 6.29 Å². The highest BCUT2D eigenvalue weighted by molar-refractivity contribution is 5.71. The number of carbonyl (C=O) groups excluding carboxylic acids is 1. The highest BCUT2D eigenvalue weighted by Crippen LogP contribution is 1.95. The first-order chi connectivity index (χ1) is 6.24. The van der Waals surface area contributed by atoms with Crippen LogP contribution in [0.25, 0.3) is 0 Å². The second kappa shape index (κ2) is 4.80. The van der Waals surface area contributed by atoms with Crippen molar-refractivity contribution < 1.29 is 4.79 Å². The van der Waals surface area contributed by atoms with Crippen LogP contribution >= 0.6 is 0 Å². The van der Waals surface area contributed by atoms with Gasteiger partial charge in [0, 0.05) is 19.6 Å². The van der Waals surface area contributed by atoms with Crippen LogP contribution in [0.4, 0.5) is 4.79 Å². The van der Waals surface area contributed by atoms with E-state index in [1.165, 1.54) is 0 Å². The zero-order chi connectivity index (χ0) is 9.68. The maximum atomic E-state index is 10.6. The van der Waals surface area contributed by atoms with Crippen LogP contribution in [0.3, 0.4) is 0 Å². The molecule has 1 saturated heterocycles. The van der Waals surface area contributed by atoms with Crippen molar-refractivity contribution in [2.24, 2.45) is 5.73 Å². The summed E-state index contributed by atoms with van der Waals surface area (Å²) in [5.41, 5.74) is 7.51. The van der Waals surface area contributed by atoms with E-state index in [0.717, 1.165) is 13.1 Å². The second-order valence-electron chi connectivity index (χ2n) is 2.72. The quantitative estimate of drug-likeness (QED) is 0.403. The minimum absolute atomic E-state index is 0.0644. The molecule has 0 spiro atoms. The minimum Gasteiger partial charge on any atom is -0.351 e. The van der Waals surface area contributed by atoms with Crippen LogP contribution in [-0.4, -0.2) is 37.0 Å². The van der Waals surface area contributed by atoms with Crippen molar-refractivity contribution >= 4 is 6.03 Å². The number of nitrogens with one attached hydrogen (secondary N) is 3. The molecule has 13 heavy (non-hydrogen) atoms. The lowest BCUT2D eigenvalue weighted by Gasteiger charge is -2.23. The van der Waals surface area contributed by atoms with Gasteiger partial charge in [-0.25, -0.2) is 4.79 Å². The number of carbonyl (C=O) groups is 1. The smallest absolute Gasteiger partial charge is 0.326 e. The van der Waals surface area contributed by atoms with Crippen LogP contribution in [0.15, 0.2) is 12.7 Å². The van der Waals surface area contributed by atoms with E-state index < -0.39 is 6.03 Å². The van der Waals surface area contributed by atoms with Gasteiger partial charge in [-0.15, -0.1) is 6.58 Å². The van der Waals surface area contributed by atoms with Crippen LogP contribution in [0.5, 0.6) is 0 Å². The van der Waals surface area contributed by atoms with E-state index >= 15 is 0 Å². The van der Waals surface area contributed by atoms with Gasteiger partial charge in [-0.2, -0.15) is 5.01 Å². The summed E-state index contributed by atoms with van der Waals surface area (Å²) in [5.74, 6) is 0. The molecule has 1 rings (SSSR count). The molecule has 1 aliphatic rings. The average molecular weight is 185 g/mol. The normalized spacial score (nSPS) is 22.9. The van der Waals surface area contributed by atoms with Crippen molar-refractivity contribution in [2.75, 3.05) is 19.6 Å². The Kier molecular flexibility index (Phi) is 3.69. The zero-order valence-corrected chi connectivity index (χ0v) is 7.42. The highest BCUT2D eigenvalue weighted by Gasteiger charge is 2.23. The summed E-state index contributed by atoms with van der Waals surface area (Å²) in [7, 11) is 0. The van der Waals surface area contributed by atoms with Gasteiger partial charge < -0.3 is 5.73 Å². The third-order valence-corrected chi connectivity index (χ3v) is 1.71. The molecule has 0 bridgehead atoms. The van der Waals surface area contributed by atoms with E-state index in [1.54, 1.807) is 11.1 Å². The largest absolute Gasteiger partial charge is 0.351 e. The van der Waals surface area contributed by atoms with Gasteiger partial charge in [-0.3, -0.25) is 16.1 Å². The molecule has 0 aromatic rings. The summed E-state index contributed by atoms with van der Waals surface area (Å²) >= 11 is 0. The Bertz CT molecular complexity index is 195. The molecule has 1 aliphatic heterocycles. The number of rotatable bonds is 4. The molecule has 2 amide bonds. The highest BCUT2D eigenvalue weighted by atomic mass is 16.2. The molecular formula is C7H15N5O. The molecule has 1 fully saturated rings. The molecule has 0 aromatic heterocycles. The van der Waals surface area contributed by atoms with E-state index in [1.807, 2.05) is 0 Å². The molecule has 74 valence electrons. The molecule has 5 N–H and O–H groups in total. The van der Waals surface area contributed by atoms with Crippen molar-refractivity contribution in [3.05, 3.63) is 12.7 Å². The molecule has 1 heterocycles. The van der Waals surface area contributed by atoms with Gasteiger partial charge in [-0.05, 0) is 0 Å². The maximum Gasteiger partial charge on any atom is 0.326 e. The van der Waals surface area contributed by atoms with Gasteiger partial charge in [0.05, 0.1) is 0 Å². The summed E-state index contributed by atoms with van der Waals surface area (Å²) in [5, 5.41) is 7.97. The minimum atomic E-state index is -0.547. The van der Waals surface area contributed by atoms with Crippen molar-refractivity contribution in [3.63, 3.8) is 0 Å². The summed E-state index contributed by atoms with van der Waals surface area (Å²) in [6, 6.07) is -0.547. The van der Waals surface area contributed by atoms with Crippen LogP contribution in [0.2, 0.25) is 0 Å². The first-order valence-corrected chi connectivity index (χ1v) is 4.14. The van der Waals surface area contributed by atoms with Crippen LogP contribution < -0.4 is 21.8 Å². The Hall–Kier alpha value is -1.11. The van der Waals surface area contributed by atoms with Crippen molar-refractivity contribution in [3.8, 4) is 0 Å². The number of urea groups is 1. The van der Waals surface area contributed by atoms with E-state index in [2.05, 4.69) is 22.6 Å². The third kappa shape index (κ3) is 3.02. The lowest BCUT2D eigenvalue weighted by molar-refractivity contribution is 0.147. The number of hydrogen-bond acceptors (Lipinski definition) is 4. The van der Waals surface area contributed by atoms with Crippen LogP contribution in [0.1, 0.15) is 0 Å². The first-order valence-electron chi connectivity index (χ1n) is 4.14. The fourth-order valence-electron chi connectivity index (χ4n) is 1.20. The van der Waals surface area contributed by atoms with Gasteiger partial charge in [0.25, 0.3) is 0 Å². The lowest BCUT2D eigenvalue weighted by atomic mass is 10.6. The fraction of sp³-hybridized carbons (Fsp3) is 0.571. The average Bonchev–Trinajstić information content (AvgIpc) is 2.48. The Morgan fingerprint density at radius 3 is 3.23 bits per heavy atom. The molecule has 6 nitrogen and oxygen atoms in total. The summed E-state index contributed by atoms with van der Waals surface area (Å²) in [6.45, 7) is 5.81. The molecular weight excluding hydrogens is 170 g/mol. The van der Waals surface area contributed by atoms with E-state index in [4.69, 9.17) is 5.73 Å². The number of amides is 2. The van der Waals surface area contributed by atoms with Gasteiger partial charge in [0.1, 0.15) is 6.29 Å². The standard InChI is InChI=1S/C7H15N5O/c1-2-3-9-7-10-4-5-12(7)11-6(8)13/h2,7,9-10H,1,3-5H2,(H3,8,11,13). The van der Waals surface area contributed by atoms with Gasteiger partial charge in [0.15, 0.2) is 0 Å². The second-order valence-corrected chi connectivity index (χ2v) is 2.72. The summed E-state index contributed by atoms with van der Waals surface area (Å²) in [4.78, 5) is 10.6. The zero-order valence-electron chi connectivity index (χ0n) is 7.42. The molecule has 0 saturated carbocycles. The number of hydrazine groups is 1. The van der Waals surface area contributed by atoms with Gasteiger partial charge in [0.2, 0.25) is 0 Å². The van der Waals surface area contributed by atoms with E-state index in [0.29, 0.717) is 6.54 Å². The number of nitrogens with zero attached hydrogens (tertiary/aromatic N) is 1. The molecule has 0 radical (unpaired) electrons.